The predicted molar refractivity (Wildman–Crippen MR) is 63.8 cm³/mol. The molecule has 0 aromatic carbocycles. The molecule has 1 fully saturated rings. The van der Waals surface area contributed by atoms with E-state index in [4.69, 9.17) is 16.3 Å². The second-order valence-electron chi connectivity index (χ2n) is 3.42. The van der Waals surface area contributed by atoms with Crippen LogP contribution in [0.3, 0.4) is 0 Å². The zero-order valence-electron chi connectivity index (χ0n) is 8.44. The first-order valence-electron chi connectivity index (χ1n) is 4.85. The van der Waals surface area contributed by atoms with Crippen LogP contribution in [-0.4, -0.2) is 47.5 Å². The number of aliphatic hydroxyl groups is 1. The highest BCUT2D eigenvalue weighted by Gasteiger charge is 2.25. The minimum absolute atomic E-state index is 0.0219. The molecule has 0 amide bonds. The first-order chi connectivity index (χ1) is 7.72. The van der Waals surface area contributed by atoms with Crippen molar-refractivity contribution < 1.29 is 9.84 Å². The summed E-state index contributed by atoms with van der Waals surface area (Å²) >= 11 is 9.14. The Hall–Kier alpha value is -0.430. The molecule has 1 aliphatic heterocycles. The molecule has 16 heavy (non-hydrogen) atoms. The largest absolute Gasteiger partial charge is 0.394 e. The van der Waals surface area contributed by atoms with E-state index in [0.29, 0.717) is 25.6 Å². The summed E-state index contributed by atoms with van der Waals surface area (Å²) in [7, 11) is 0. The summed E-state index contributed by atoms with van der Waals surface area (Å²) in [5.41, 5.74) is 0. The fraction of sp³-hybridized carbons (Fsp3) is 0.556. The maximum Gasteiger partial charge on any atom is 0.224 e. The van der Waals surface area contributed by atoms with Gasteiger partial charge in [-0.1, -0.05) is 0 Å². The molecular weight excluding hydrogens is 297 g/mol. The number of nitrogens with zero attached hydrogens (tertiary/aromatic N) is 3. The van der Waals surface area contributed by atoms with Gasteiger partial charge in [0, 0.05) is 12.7 Å². The topological polar surface area (TPSA) is 58.5 Å². The Kier molecular flexibility index (Phi) is 3.96. The van der Waals surface area contributed by atoms with E-state index >= 15 is 0 Å². The number of morpholine rings is 1. The molecule has 0 saturated carbocycles. The van der Waals surface area contributed by atoms with Crippen LogP contribution in [0.2, 0.25) is 5.28 Å². The summed E-state index contributed by atoms with van der Waals surface area (Å²) in [4.78, 5) is 10.0. The molecule has 1 atom stereocenters. The maximum atomic E-state index is 9.27. The quantitative estimate of drug-likeness (QED) is 0.829. The molecule has 2 rings (SSSR count). The Morgan fingerprint density at radius 2 is 2.50 bits per heavy atom. The number of ether oxygens (including phenoxy) is 1. The Balaban J connectivity index is 2.30. The van der Waals surface area contributed by atoms with Gasteiger partial charge in [0.2, 0.25) is 5.28 Å². The molecule has 0 bridgehead atoms. The van der Waals surface area contributed by atoms with E-state index in [2.05, 4.69) is 25.9 Å². The number of anilines is 1. The summed E-state index contributed by atoms with van der Waals surface area (Å²) in [6.07, 6.45) is 1.61. The molecule has 1 aliphatic rings. The predicted octanol–water partition coefficient (Wildman–Crippen LogP) is 1.09. The van der Waals surface area contributed by atoms with Crippen LogP contribution in [0.15, 0.2) is 10.7 Å². The van der Waals surface area contributed by atoms with E-state index in [1.54, 1.807) is 6.20 Å². The number of rotatable bonds is 2. The van der Waals surface area contributed by atoms with Crippen LogP contribution in [0.25, 0.3) is 0 Å². The van der Waals surface area contributed by atoms with E-state index in [9.17, 15) is 5.11 Å². The lowest BCUT2D eigenvalue weighted by Gasteiger charge is -2.35. The van der Waals surface area contributed by atoms with Gasteiger partial charge in [0.15, 0.2) is 0 Å². The zero-order valence-corrected chi connectivity index (χ0v) is 10.8. The van der Waals surface area contributed by atoms with E-state index < -0.39 is 0 Å². The Morgan fingerprint density at radius 3 is 3.25 bits per heavy atom. The van der Waals surface area contributed by atoms with Crippen molar-refractivity contribution in [1.82, 2.24) is 9.97 Å². The van der Waals surface area contributed by atoms with Crippen molar-refractivity contribution in [3.05, 3.63) is 16.0 Å². The van der Waals surface area contributed by atoms with E-state index in [0.717, 1.165) is 4.47 Å². The van der Waals surface area contributed by atoms with Crippen molar-refractivity contribution in [1.29, 1.82) is 0 Å². The van der Waals surface area contributed by atoms with Crippen LogP contribution in [0.5, 0.6) is 0 Å². The Labute approximate surface area is 107 Å². The molecule has 1 unspecified atom stereocenters. The third-order valence-electron chi connectivity index (χ3n) is 2.41. The SMILES string of the molecule is OCC1COCCN1c1nc(Cl)ncc1Br. The van der Waals surface area contributed by atoms with E-state index in [-0.39, 0.29) is 17.9 Å². The number of halogens is 2. The van der Waals surface area contributed by atoms with Gasteiger partial charge in [0.1, 0.15) is 5.82 Å². The molecule has 1 N–H and O–H groups in total. The second kappa shape index (κ2) is 5.27. The van der Waals surface area contributed by atoms with E-state index in [1.165, 1.54) is 0 Å². The van der Waals surface area contributed by atoms with Gasteiger partial charge in [-0.25, -0.2) is 4.98 Å². The molecule has 2 heterocycles. The molecule has 0 radical (unpaired) electrons. The molecule has 1 aromatic heterocycles. The maximum absolute atomic E-state index is 9.27. The van der Waals surface area contributed by atoms with Crippen LogP contribution < -0.4 is 4.90 Å². The van der Waals surface area contributed by atoms with Crippen LogP contribution in [0.1, 0.15) is 0 Å². The zero-order chi connectivity index (χ0) is 11.5. The minimum Gasteiger partial charge on any atom is -0.394 e. The lowest BCUT2D eigenvalue weighted by Crippen LogP contribution is -2.48. The van der Waals surface area contributed by atoms with Gasteiger partial charge in [0.05, 0.1) is 30.3 Å². The highest BCUT2D eigenvalue weighted by molar-refractivity contribution is 9.10. The Bertz CT molecular complexity index is 380. The molecule has 7 heteroatoms. The average Bonchev–Trinajstić information content (AvgIpc) is 2.32. The lowest BCUT2D eigenvalue weighted by atomic mass is 10.2. The van der Waals surface area contributed by atoms with Gasteiger partial charge < -0.3 is 14.7 Å². The molecule has 0 aliphatic carbocycles. The monoisotopic (exact) mass is 307 g/mol. The van der Waals surface area contributed by atoms with Crippen LogP contribution in [-0.2, 0) is 4.74 Å². The molecule has 1 saturated heterocycles. The fourth-order valence-corrected chi connectivity index (χ4v) is 2.17. The van der Waals surface area contributed by atoms with Gasteiger partial charge in [-0.15, -0.1) is 0 Å². The third kappa shape index (κ3) is 2.45. The smallest absolute Gasteiger partial charge is 0.224 e. The van der Waals surface area contributed by atoms with Crippen molar-refractivity contribution in [2.45, 2.75) is 6.04 Å². The van der Waals surface area contributed by atoms with Gasteiger partial charge in [-0.05, 0) is 27.5 Å². The average molecular weight is 309 g/mol. The lowest BCUT2D eigenvalue weighted by molar-refractivity contribution is 0.0722. The van der Waals surface area contributed by atoms with Crippen LogP contribution in [0, 0.1) is 0 Å². The first-order valence-corrected chi connectivity index (χ1v) is 6.02. The minimum atomic E-state index is -0.0870. The van der Waals surface area contributed by atoms with Crippen molar-refractivity contribution in [2.75, 3.05) is 31.3 Å². The normalized spacial score (nSPS) is 21.2. The second-order valence-corrected chi connectivity index (χ2v) is 4.61. The van der Waals surface area contributed by atoms with Gasteiger partial charge >= 0.3 is 0 Å². The van der Waals surface area contributed by atoms with Crippen molar-refractivity contribution >= 4 is 33.3 Å². The number of hydrogen-bond acceptors (Lipinski definition) is 5. The van der Waals surface area contributed by atoms with Crippen LogP contribution in [0.4, 0.5) is 5.82 Å². The summed E-state index contributed by atoms with van der Waals surface area (Å²) < 4.78 is 6.06. The summed E-state index contributed by atoms with van der Waals surface area (Å²) in [6.45, 7) is 1.81. The van der Waals surface area contributed by atoms with Crippen molar-refractivity contribution in [2.24, 2.45) is 0 Å². The first kappa shape index (κ1) is 12.0. The van der Waals surface area contributed by atoms with E-state index in [1.807, 2.05) is 4.90 Å². The molecular formula is C9H11BrClN3O2. The summed E-state index contributed by atoms with van der Waals surface area (Å²) in [6, 6.07) is -0.0870. The summed E-state index contributed by atoms with van der Waals surface area (Å²) in [5.74, 6) is 0.697. The number of aliphatic hydroxyl groups excluding tert-OH is 1. The molecule has 5 nitrogen and oxygen atoms in total. The highest BCUT2D eigenvalue weighted by Crippen LogP contribution is 2.26. The molecule has 1 aromatic rings. The highest BCUT2D eigenvalue weighted by atomic mass is 79.9. The summed E-state index contributed by atoms with van der Waals surface area (Å²) in [5, 5.41) is 9.47. The van der Waals surface area contributed by atoms with Crippen LogP contribution >= 0.6 is 27.5 Å². The standard InChI is InChI=1S/C9H11BrClN3O2/c10-7-3-12-9(11)13-8(7)14-1-2-16-5-6(14)4-15/h3,6,15H,1-2,4-5H2. The Morgan fingerprint density at radius 1 is 1.69 bits per heavy atom. The van der Waals surface area contributed by atoms with Gasteiger partial charge in [-0.2, -0.15) is 4.98 Å². The van der Waals surface area contributed by atoms with Gasteiger partial charge in [-0.3, -0.25) is 0 Å². The number of hydrogen-bond donors (Lipinski definition) is 1. The fourth-order valence-electron chi connectivity index (χ4n) is 1.62. The third-order valence-corrected chi connectivity index (χ3v) is 3.15. The molecule has 88 valence electrons. The number of aromatic nitrogens is 2. The molecule has 0 spiro atoms. The van der Waals surface area contributed by atoms with Gasteiger partial charge in [0.25, 0.3) is 0 Å². The van der Waals surface area contributed by atoms with Crippen molar-refractivity contribution in [3.63, 3.8) is 0 Å². The van der Waals surface area contributed by atoms with Crippen molar-refractivity contribution in [3.8, 4) is 0 Å².